The molecule has 0 aromatic carbocycles. The zero-order chi connectivity index (χ0) is 15.3. The minimum atomic E-state index is -0.745. The van der Waals surface area contributed by atoms with Crippen LogP contribution in [0.15, 0.2) is 0 Å². The molecule has 1 aliphatic rings. The molecule has 0 aromatic rings. The molecule has 0 radical (unpaired) electrons. The monoisotopic (exact) mass is 277 g/mol. The summed E-state index contributed by atoms with van der Waals surface area (Å²) < 4.78 is 0. The van der Waals surface area contributed by atoms with E-state index in [1.807, 2.05) is 0 Å². The van der Waals surface area contributed by atoms with Crippen molar-refractivity contribution < 1.29 is 29.4 Å². The molecule has 0 spiro atoms. The van der Waals surface area contributed by atoms with Gasteiger partial charge >= 0.3 is 17.9 Å². The largest absolute Gasteiger partial charge is 0.481 e. The summed E-state index contributed by atoms with van der Waals surface area (Å²) >= 11 is 0. The van der Waals surface area contributed by atoms with Crippen molar-refractivity contribution in [1.82, 2.24) is 5.06 Å². The Balaban J connectivity index is 0. The molecule has 0 aromatic heterocycles. The molecule has 1 rings (SSSR count). The summed E-state index contributed by atoms with van der Waals surface area (Å²) in [6.45, 7) is 6.43. The maximum atomic E-state index is 10.3. The molecule has 0 amide bonds. The highest BCUT2D eigenvalue weighted by Gasteiger charge is 2.13. The van der Waals surface area contributed by atoms with Crippen LogP contribution in [0.3, 0.4) is 0 Å². The number of carbonyl (C=O) groups excluding carboxylic acids is 1. The summed E-state index contributed by atoms with van der Waals surface area (Å²) in [5.74, 6) is -1.70. The van der Waals surface area contributed by atoms with Crippen LogP contribution in [0.4, 0.5) is 0 Å². The van der Waals surface area contributed by atoms with Gasteiger partial charge in [0.1, 0.15) is 0 Å². The van der Waals surface area contributed by atoms with Gasteiger partial charge in [0.2, 0.25) is 0 Å². The number of carbonyl (C=O) groups is 3. The van der Waals surface area contributed by atoms with Crippen molar-refractivity contribution in [1.29, 1.82) is 0 Å². The lowest BCUT2D eigenvalue weighted by molar-refractivity contribution is -0.182. The van der Waals surface area contributed by atoms with E-state index in [1.54, 1.807) is 18.9 Å². The highest BCUT2D eigenvalue weighted by molar-refractivity contribution is 5.66. The van der Waals surface area contributed by atoms with Gasteiger partial charge in [0.25, 0.3) is 0 Å². The SMILES string of the molecule is CC(=O)ON1CCCC1.CCC(=O)O.CCC(=O)O. The predicted octanol–water partition coefficient (Wildman–Crippen LogP) is 1.52. The first kappa shape index (κ1) is 19.7. The van der Waals surface area contributed by atoms with Crippen LogP contribution in [0, 0.1) is 0 Å². The fraction of sp³-hybridized carbons (Fsp3) is 0.750. The first-order valence-electron chi connectivity index (χ1n) is 6.20. The van der Waals surface area contributed by atoms with Crippen molar-refractivity contribution >= 4 is 17.9 Å². The maximum Gasteiger partial charge on any atom is 0.322 e. The minimum absolute atomic E-state index is 0.211. The summed E-state index contributed by atoms with van der Waals surface area (Å²) in [7, 11) is 0. The second-order valence-electron chi connectivity index (χ2n) is 3.71. The number of hydroxylamine groups is 2. The summed E-state index contributed by atoms with van der Waals surface area (Å²) in [6, 6.07) is 0. The van der Waals surface area contributed by atoms with Crippen molar-refractivity contribution in [3.8, 4) is 0 Å². The number of rotatable bonds is 3. The number of hydrogen-bond acceptors (Lipinski definition) is 5. The molecule has 7 heteroatoms. The van der Waals surface area contributed by atoms with Crippen LogP contribution in [0.1, 0.15) is 46.5 Å². The molecular weight excluding hydrogens is 254 g/mol. The van der Waals surface area contributed by atoms with Crippen LogP contribution in [0.5, 0.6) is 0 Å². The van der Waals surface area contributed by atoms with Crippen LogP contribution in [-0.2, 0) is 19.2 Å². The van der Waals surface area contributed by atoms with E-state index < -0.39 is 11.9 Å². The van der Waals surface area contributed by atoms with Crippen LogP contribution in [-0.4, -0.2) is 46.3 Å². The van der Waals surface area contributed by atoms with Crippen molar-refractivity contribution in [3.63, 3.8) is 0 Å². The number of aliphatic carboxylic acids is 2. The lowest BCUT2D eigenvalue weighted by atomic mass is 10.4. The Labute approximate surface area is 113 Å². The van der Waals surface area contributed by atoms with Crippen molar-refractivity contribution in [3.05, 3.63) is 0 Å². The van der Waals surface area contributed by atoms with Gasteiger partial charge in [-0.05, 0) is 12.8 Å². The molecule has 112 valence electrons. The molecular formula is C12H23NO6. The van der Waals surface area contributed by atoms with E-state index in [1.165, 1.54) is 6.92 Å². The molecule has 0 bridgehead atoms. The molecule has 0 atom stereocenters. The van der Waals surface area contributed by atoms with E-state index in [4.69, 9.17) is 15.1 Å². The molecule has 1 saturated heterocycles. The molecule has 1 aliphatic heterocycles. The Morgan fingerprint density at radius 3 is 1.53 bits per heavy atom. The zero-order valence-corrected chi connectivity index (χ0v) is 11.7. The van der Waals surface area contributed by atoms with Gasteiger partial charge < -0.3 is 15.1 Å². The molecule has 7 nitrogen and oxygen atoms in total. The van der Waals surface area contributed by atoms with Crippen LogP contribution in [0.25, 0.3) is 0 Å². The Hall–Kier alpha value is -1.63. The Morgan fingerprint density at radius 2 is 1.32 bits per heavy atom. The highest BCUT2D eigenvalue weighted by atomic mass is 16.7. The molecule has 1 heterocycles. The molecule has 0 saturated carbocycles. The van der Waals surface area contributed by atoms with Gasteiger partial charge in [-0.2, -0.15) is 0 Å². The number of hydrogen-bond donors (Lipinski definition) is 2. The first-order chi connectivity index (χ1) is 8.83. The standard InChI is InChI=1S/C6H11NO2.2C3H6O2/c1-6(8)9-7-4-2-3-5-7;2*1-2-3(4)5/h2-5H2,1H3;2*2H2,1H3,(H,4,5). The lowest BCUT2D eigenvalue weighted by Gasteiger charge is -2.11. The number of nitrogens with zero attached hydrogens (tertiary/aromatic N) is 1. The summed E-state index contributed by atoms with van der Waals surface area (Å²) in [5.41, 5.74) is 0. The van der Waals surface area contributed by atoms with E-state index in [0.29, 0.717) is 0 Å². The molecule has 1 fully saturated rings. The van der Waals surface area contributed by atoms with Gasteiger partial charge in [-0.15, -0.1) is 5.06 Å². The lowest BCUT2D eigenvalue weighted by Crippen LogP contribution is -2.22. The van der Waals surface area contributed by atoms with Crippen LogP contribution < -0.4 is 0 Å². The molecule has 0 aliphatic carbocycles. The fourth-order valence-corrected chi connectivity index (χ4v) is 0.961. The van der Waals surface area contributed by atoms with E-state index in [-0.39, 0.29) is 18.8 Å². The minimum Gasteiger partial charge on any atom is -0.481 e. The van der Waals surface area contributed by atoms with Gasteiger partial charge in [-0.1, -0.05) is 13.8 Å². The quantitative estimate of drug-likeness (QED) is 0.805. The highest BCUT2D eigenvalue weighted by Crippen LogP contribution is 2.06. The summed E-state index contributed by atoms with van der Waals surface area (Å²) in [4.78, 5) is 33.9. The Bertz CT molecular complexity index is 259. The van der Waals surface area contributed by atoms with E-state index in [9.17, 15) is 14.4 Å². The third kappa shape index (κ3) is 18.9. The predicted molar refractivity (Wildman–Crippen MR) is 68.4 cm³/mol. The maximum absolute atomic E-state index is 10.3. The first-order valence-corrected chi connectivity index (χ1v) is 6.20. The van der Waals surface area contributed by atoms with E-state index >= 15 is 0 Å². The second kappa shape index (κ2) is 12.8. The van der Waals surface area contributed by atoms with Crippen molar-refractivity contribution in [2.75, 3.05) is 13.1 Å². The smallest absolute Gasteiger partial charge is 0.322 e. The van der Waals surface area contributed by atoms with Gasteiger partial charge in [-0.3, -0.25) is 14.4 Å². The van der Waals surface area contributed by atoms with Crippen LogP contribution in [0.2, 0.25) is 0 Å². The van der Waals surface area contributed by atoms with Gasteiger partial charge in [0.05, 0.1) is 0 Å². The molecule has 2 N–H and O–H groups in total. The molecule has 19 heavy (non-hydrogen) atoms. The normalized spacial score (nSPS) is 13.4. The summed E-state index contributed by atoms with van der Waals surface area (Å²) in [5, 5.41) is 17.2. The second-order valence-corrected chi connectivity index (χ2v) is 3.71. The average molecular weight is 277 g/mol. The fourth-order valence-electron chi connectivity index (χ4n) is 0.961. The van der Waals surface area contributed by atoms with Crippen molar-refractivity contribution in [2.24, 2.45) is 0 Å². The van der Waals surface area contributed by atoms with Crippen molar-refractivity contribution in [2.45, 2.75) is 46.5 Å². The Kier molecular flexibility index (Phi) is 13.3. The van der Waals surface area contributed by atoms with Gasteiger partial charge in [-0.25, -0.2) is 0 Å². The molecule has 0 unspecified atom stereocenters. The van der Waals surface area contributed by atoms with Gasteiger partial charge in [0.15, 0.2) is 0 Å². The van der Waals surface area contributed by atoms with Gasteiger partial charge in [0, 0.05) is 32.9 Å². The van der Waals surface area contributed by atoms with E-state index in [2.05, 4.69) is 0 Å². The van der Waals surface area contributed by atoms with Crippen LogP contribution >= 0.6 is 0 Å². The zero-order valence-electron chi connectivity index (χ0n) is 11.7. The third-order valence-electron chi connectivity index (χ3n) is 1.93. The Morgan fingerprint density at radius 1 is 1.00 bits per heavy atom. The van der Waals surface area contributed by atoms with E-state index in [0.717, 1.165) is 25.9 Å². The summed E-state index contributed by atoms with van der Waals surface area (Å²) in [6.07, 6.45) is 2.74. The topological polar surface area (TPSA) is 104 Å². The number of carboxylic acids is 2. The third-order valence-corrected chi connectivity index (χ3v) is 1.93. The average Bonchev–Trinajstić information content (AvgIpc) is 2.82. The number of carboxylic acid groups (broad SMARTS) is 2.